The molecule has 0 N–H and O–H groups in total. The van der Waals surface area contributed by atoms with Crippen molar-refractivity contribution in [1.29, 1.82) is 0 Å². The lowest BCUT2D eigenvalue weighted by molar-refractivity contribution is 0.748. The first kappa shape index (κ1) is 32.1. The van der Waals surface area contributed by atoms with E-state index in [1.54, 1.807) is 0 Å². The van der Waals surface area contributed by atoms with Gasteiger partial charge in [0, 0.05) is 27.9 Å². The molecule has 3 nitrogen and oxygen atoms in total. The molecule has 3 heteroatoms. The predicted molar refractivity (Wildman–Crippen MR) is 229 cm³/mol. The molecular weight excluding hydrogens is 679 g/mol. The highest BCUT2D eigenvalue weighted by Crippen LogP contribution is 2.64. The lowest BCUT2D eigenvalue weighted by Gasteiger charge is -2.45. The summed E-state index contributed by atoms with van der Waals surface area (Å²) in [5.41, 5.74) is 17.2. The molecular formula is C53H35N3. The summed E-state index contributed by atoms with van der Waals surface area (Å²) in [6.45, 7) is 0. The van der Waals surface area contributed by atoms with Crippen LogP contribution in [0.3, 0.4) is 0 Å². The molecule has 8 aromatic carbocycles. The third-order valence-electron chi connectivity index (χ3n) is 11.5. The number of para-hydroxylation sites is 3. The molecule has 9 aromatic rings. The van der Waals surface area contributed by atoms with Gasteiger partial charge in [0.25, 0.3) is 0 Å². The van der Waals surface area contributed by atoms with Gasteiger partial charge in [0.1, 0.15) is 0 Å². The van der Waals surface area contributed by atoms with Crippen LogP contribution in [-0.2, 0) is 5.41 Å². The Balaban J connectivity index is 1.21. The van der Waals surface area contributed by atoms with Crippen molar-refractivity contribution >= 4 is 17.1 Å². The maximum atomic E-state index is 5.62. The fraction of sp³-hybridized carbons (Fsp3) is 0.0189. The van der Waals surface area contributed by atoms with E-state index in [0.29, 0.717) is 5.82 Å². The Morgan fingerprint density at radius 3 is 1.30 bits per heavy atom. The summed E-state index contributed by atoms with van der Waals surface area (Å²) in [4.78, 5) is 13.6. The van der Waals surface area contributed by atoms with E-state index >= 15 is 0 Å². The number of benzene rings is 8. The van der Waals surface area contributed by atoms with E-state index in [9.17, 15) is 0 Å². The van der Waals surface area contributed by atoms with Gasteiger partial charge in [-0.05, 0) is 63.2 Å². The second-order valence-corrected chi connectivity index (χ2v) is 14.5. The normalized spacial score (nSPS) is 13.1. The number of anilines is 3. The Hall–Kier alpha value is -7.36. The Morgan fingerprint density at radius 2 is 0.732 bits per heavy atom. The van der Waals surface area contributed by atoms with Crippen molar-refractivity contribution in [3.8, 4) is 56.2 Å². The Labute approximate surface area is 326 Å². The van der Waals surface area contributed by atoms with E-state index in [-0.39, 0.29) is 0 Å². The van der Waals surface area contributed by atoms with Gasteiger partial charge in [0.2, 0.25) is 0 Å². The lowest BCUT2D eigenvalue weighted by atomic mass is 9.64. The van der Waals surface area contributed by atoms with Gasteiger partial charge in [-0.3, -0.25) is 0 Å². The van der Waals surface area contributed by atoms with Crippen molar-refractivity contribution in [1.82, 2.24) is 9.97 Å². The quantitative estimate of drug-likeness (QED) is 0.178. The van der Waals surface area contributed by atoms with Gasteiger partial charge in [-0.1, -0.05) is 188 Å². The zero-order chi connectivity index (χ0) is 37.1. The molecule has 1 aliphatic heterocycles. The zero-order valence-corrected chi connectivity index (χ0v) is 30.5. The number of nitrogens with zero attached hydrogens (tertiary/aromatic N) is 3. The highest BCUT2D eigenvalue weighted by Gasteiger charge is 2.54. The minimum Gasteiger partial charge on any atom is -0.310 e. The Morgan fingerprint density at radius 1 is 0.321 bits per heavy atom. The van der Waals surface area contributed by atoms with Crippen LogP contribution >= 0.6 is 0 Å². The van der Waals surface area contributed by atoms with Crippen LogP contribution in [0.2, 0.25) is 0 Å². The van der Waals surface area contributed by atoms with Crippen LogP contribution in [0.15, 0.2) is 212 Å². The summed E-state index contributed by atoms with van der Waals surface area (Å²) in [6.07, 6.45) is 0. The number of aromatic nitrogens is 2. The predicted octanol–water partition coefficient (Wildman–Crippen LogP) is 13.3. The van der Waals surface area contributed by atoms with Gasteiger partial charge >= 0.3 is 0 Å². The molecule has 0 saturated carbocycles. The van der Waals surface area contributed by atoms with Crippen LogP contribution in [0, 0.1) is 0 Å². The van der Waals surface area contributed by atoms with Crippen molar-refractivity contribution in [3.05, 3.63) is 235 Å². The number of hydrogen-bond acceptors (Lipinski definition) is 3. The van der Waals surface area contributed by atoms with Crippen LogP contribution < -0.4 is 4.90 Å². The Kier molecular flexibility index (Phi) is 7.39. The molecule has 1 aliphatic carbocycles. The maximum Gasteiger partial charge on any atom is 0.160 e. The second-order valence-electron chi connectivity index (χ2n) is 14.5. The average molecular weight is 714 g/mol. The SMILES string of the molecule is c1ccc(-c2ccc(-c3nc(-c4ccc(-c5ccccc5)cc4)c4c(n3)-c3ccccc3C43c4ccccc4N(c4ccccc4)c4ccccc43)cc2)cc1. The lowest BCUT2D eigenvalue weighted by Crippen LogP contribution is -2.36. The first-order valence-corrected chi connectivity index (χ1v) is 19.2. The third-order valence-corrected chi connectivity index (χ3v) is 11.5. The molecule has 0 fully saturated rings. The van der Waals surface area contributed by atoms with Gasteiger partial charge < -0.3 is 4.90 Å². The fourth-order valence-corrected chi connectivity index (χ4v) is 9.05. The molecule has 0 bridgehead atoms. The number of rotatable bonds is 5. The average Bonchev–Trinajstić information content (AvgIpc) is 3.58. The molecule has 2 heterocycles. The summed E-state index contributed by atoms with van der Waals surface area (Å²) in [7, 11) is 0. The van der Waals surface area contributed by atoms with E-state index in [1.807, 2.05) is 0 Å². The van der Waals surface area contributed by atoms with E-state index in [1.165, 1.54) is 33.4 Å². The minimum atomic E-state index is -0.687. The summed E-state index contributed by atoms with van der Waals surface area (Å²) < 4.78 is 0. The van der Waals surface area contributed by atoms with Crippen LogP contribution in [0.25, 0.3) is 56.2 Å². The highest BCUT2D eigenvalue weighted by molar-refractivity contribution is 5.98. The van der Waals surface area contributed by atoms with Gasteiger partial charge in [-0.25, -0.2) is 9.97 Å². The van der Waals surface area contributed by atoms with Gasteiger partial charge in [0.15, 0.2) is 5.82 Å². The molecule has 262 valence electrons. The van der Waals surface area contributed by atoms with E-state index in [0.717, 1.165) is 56.3 Å². The van der Waals surface area contributed by atoms with Crippen LogP contribution in [0.4, 0.5) is 17.1 Å². The summed E-state index contributed by atoms with van der Waals surface area (Å²) in [5, 5.41) is 0. The molecule has 0 atom stereocenters. The molecule has 0 radical (unpaired) electrons. The van der Waals surface area contributed by atoms with E-state index < -0.39 is 5.41 Å². The fourth-order valence-electron chi connectivity index (χ4n) is 9.05. The van der Waals surface area contributed by atoms with E-state index in [2.05, 4.69) is 217 Å². The molecule has 0 saturated heterocycles. The Bertz CT molecular complexity index is 2840. The first-order chi connectivity index (χ1) is 27.8. The van der Waals surface area contributed by atoms with Gasteiger partial charge in [-0.2, -0.15) is 0 Å². The van der Waals surface area contributed by atoms with Gasteiger partial charge in [-0.15, -0.1) is 0 Å². The van der Waals surface area contributed by atoms with Crippen LogP contribution in [0.5, 0.6) is 0 Å². The van der Waals surface area contributed by atoms with Gasteiger partial charge in [0.05, 0.1) is 28.2 Å². The summed E-state index contributed by atoms with van der Waals surface area (Å²) >= 11 is 0. The van der Waals surface area contributed by atoms with Crippen LogP contribution in [-0.4, -0.2) is 9.97 Å². The molecule has 2 aliphatic rings. The summed E-state index contributed by atoms with van der Waals surface area (Å²) in [6, 6.07) is 76.0. The molecule has 56 heavy (non-hydrogen) atoms. The molecule has 0 amide bonds. The molecule has 1 spiro atoms. The van der Waals surface area contributed by atoms with E-state index in [4.69, 9.17) is 9.97 Å². The summed E-state index contributed by atoms with van der Waals surface area (Å²) in [5.74, 6) is 0.709. The van der Waals surface area contributed by atoms with Crippen molar-refractivity contribution in [2.75, 3.05) is 4.90 Å². The number of hydrogen-bond donors (Lipinski definition) is 0. The van der Waals surface area contributed by atoms with Crippen molar-refractivity contribution in [3.63, 3.8) is 0 Å². The third kappa shape index (κ3) is 4.84. The molecule has 11 rings (SSSR count). The topological polar surface area (TPSA) is 29.0 Å². The van der Waals surface area contributed by atoms with Crippen molar-refractivity contribution < 1.29 is 0 Å². The zero-order valence-electron chi connectivity index (χ0n) is 30.5. The number of fused-ring (bicyclic) bond motifs is 9. The molecule has 1 aromatic heterocycles. The minimum absolute atomic E-state index is 0.687. The van der Waals surface area contributed by atoms with Crippen molar-refractivity contribution in [2.24, 2.45) is 0 Å². The van der Waals surface area contributed by atoms with Crippen molar-refractivity contribution in [2.45, 2.75) is 5.41 Å². The standard InChI is InChI=1S/C53H35N3/c1-4-16-36(17-5-1)38-28-32-40(33-29-38)50-49-51(55-52(54-50)41-34-30-39(31-35-41)37-18-6-2-7-19-37)43-22-10-11-23-44(43)53(49)45-24-12-14-26-47(45)56(42-20-8-3-9-21-42)48-27-15-13-25-46(48)53/h1-35H. The smallest absolute Gasteiger partial charge is 0.160 e. The second kappa shape index (κ2) is 12.9. The van der Waals surface area contributed by atoms with Crippen LogP contribution in [0.1, 0.15) is 22.3 Å². The highest BCUT2D eigenvalue weighted by atomic mass is 15.2. The largest absolute Gasteiger partial charge is 0.310 e. The monoisotopic (exact) mass is 713 g/mol. The molecule has 0 unspecified atom stereocenters. The first-order valence-electron chi connectivity index (χ1n) is 19.2. The maximum absolute atomic E-state index is 5.62.